The summed E-state index contributed by atoms with van der Waals surface area (Å²) in [6.07, 6.45) is 1.64. The third-order valence-corrected chi connectivity index (χ3v) is 6.55. The van der Waals surface area contributed by atoms with E-state index in [0.717, 1.165) is 16.9 Å². The zero-order valence-electron chi connectivity index (χ0n) is 22.1. The number of carbonyl (C=O) groups excluding carboxylic acids is 2. The van der Waals surface area contributed by atoms with Crippen LogP contribution < -0.4 is 14.4 Å². The molecule has 198 valence electrons. The Balaban J connectivity index is 1.36. The van der Waals surface area contributed by atoms with Gasteiger partial charge in [0.15, 0.2) is 5.82 Å². The number of rotatable bonds is 9. The van der Waals surface area contributed by atoms with Gasteiger partial charge in [-0.05, 0) is 43.3 Å². The summed E-state index contributed by atoms with van der Waals surface area (Å²) in [5.74, 6) is 1.84. The first-order valence-corrected chi connectivity index (χ1v) is 12.5. The van der Waals surface area contributed by atoms with Crippen molar-refractivity contribution in [1.29, 1.82) is 0 Å². The van der Waals surface area contributed by atoms with Crippen LogP contribution in [0.15, 0.2) is 67.3 Å². The third kappa shape index (κ3) is 6.11. The first-order valence-electron chi connectivity index (χ1n) is 12.5. The van der Waals surface area contributed by atoms with E-state index in [-0.39, 0.29) is 18.4 Å². The number of amides is 2. The molecule has 0 atom stereocenters. The average Bonchev–Trinajstić information content (AvgIpc) is 2.96. The van der Waals surface area contributed by atoms with E-state index in [9.17, 15) is 9.59 Å². The van der Waals surface area contributed by atoms with Crippen molar-refractivity contribution >= 4 is 17.6 Å². The summed E-state index contributed by atoms with van der Waals surface area (Å²) in [5.41, 5.74) is 3.16. The summed E-state index contributed by atoms with van der Waals surface area (Å²) in [6, 6.07) is 16.8. The van der Waals surface area contributed by atoms with Crippen LogP contribution in [0.2, 0.25) is 0 Å². The van der Waals surface area contributed by atoms with E-state index in [4.69, 9.17) is 9.47 Å². The van der Waals surface area contributed by atoms with Crippen molar-refractivity contribution < 1.29 is 19.1 Å². The monoisotopic (exact) mass is 515 g/mol. The topological polar surface area (TPSA) is 88.1 Å². The van der Waals surface area contributed by atoms with Crippen LogP contribution in [0.1, 0.15) is 15.9 Å². The van der Waals surface area contributed by atoms with Gasteiger partial charge >= 0.3 is 0 Å². The Labute approximate surface area is 223 Å². The van der Waals surface area contributed by atoms with Crippen LogP contribution in [0, 0.1) is 6.92 Å². The van der Waals surface area contributed by atoms with Gasteiger partial charge in [-0.1, -0.05) is 23.8 Å². The fourth-order valence-corrected chi connectivity index (χ4v) is 4.35. The molecule has 0 spiro atoms. The second kappa shape index (κ2) is 12.2. The summed E-state index contributed by atoms with van der Waals surface area (Å²) in [6.45, 7) is 8.35. The van der Waals surface area contributed by atoms with E-state index < -0.39 is 0 Å². The molecule has 0 aliphatic carbocycles. The highest BCUT2D eigenvalue weighted by molar-refractivity contribution is 5.96. The maximum absolute atomic E-state index is 13.1. The minimum atomic E-state index is -0.180. The summed E-state index contributed by atoms with van der Waals surface area (Å²) >= 11 is 0. The molecule has 2 heterocycles. The summed E-state index contributed by atoms with van der Waals surface area (Å²) in [5, 5.41) is 8.83. The molecule has 4 rings (SSSR count). The van der Waals surface area contributed by atoms with E-state index >= 15 is 0 Å². The van der Waals surface area contributed by atoms with Gasteiger partial charge in [0.1, 0.15) is 18.0 Å². The normalized spacial score (nSPS) is 13.1. The molecule has 1 saturated heterocycles. The SMILES string of the molecule is C=CCN(CC(=O)N1CCN(c2ccc(-c3ccc(OC)cc3OC)nn2)CC1)C(=O)c1ccc(C)cc1. The van der Waals surface area contributed by atoms with Gasteiger partial charge in [-0.25, -0.2) is 0 Å². The third-order valence-electron chi connectivity index (χ3n) is 6.55. The lowest BCUT2D eigenvalue weighted by Gasteiger charge is -2.36. The molecule has 1 aromatic heterocycles. The average molecular weight is 516 g/mol. The molecule has 3 aromatic rings. The van der Waals surface area contributed by atoms with Crippen molar-refractivity contribution in [2.75, 3.05) is 58.4 Å². The van der Waals surface area contributed by atoms with E-state index in [2.05, 4.69) is 21.7 Å². The van der Waals surface area contributed by atoms with Crippen LogP contribution in [0.5, 0.6) is 11.5 Å². The minimum absolute atomic E-state index is 0.0108. The van der Waals surface area contributed by atoms with Crippen molar-refractivity contribution in [2.24, 2.45) is 0 Å². The second-order valence-electron chi connectivity index (χ2n) is 9.05. The Kier molecular flexibility index (Phi) is 8.58. The minimum Gasteiger partial charge on any atom is -0.497 e. The number of ether oxygens (including phenoxy) is 2. The lowest BCUT2D eigenvalue weighted by atomic mass is 10.1. The molecule has 9 heteroatoms. The van der Waals surface area contributed by atoms with Gasteiger partial charge in [-0.3, -0.25) is 9.59 Å². The number of aryl methyl sites for hydroxylation is 1. The predicted molar refractivity (Wildman–Crippen MR) is 147 cm³/mol. The number of carbonyl (C=O) groups is 2. The van der Waals surface area contributed by atoms with E-state index in [1.165, 1.54) is 4.90 Å². The first-order chi connectivity index (χ1) is 18.4. The Morgan fingerprint density at radius 1 is 0.974 bits per heavy atom. The molecule has 1 fully saturated rings. The highest BCUT2D eigenvalue weighted by Crippen LogP contribution is 2.32. The molecular formula is C29H33N5O4. The zero-order valence-corrected chi connectivity index (χ0v) is 22.1. The zero-order chi connectivity index (χ0) is 27.1. The van der Waals surface area contributed by atoms with Gasteiger partial charge < -0.3 is 24.2 Å². The highest BCUT2D eigenvalue weighted by atomic mass is 16.5. The molecule has 0 bridgehead atoms. The Morgan fingerprint density at radius 3 is 2.32 bits per heavy atom. The van der Waals surface area contributed by atoms with Crippen molar-refractivity contribution in [3.8, 4) is 22.8 Å². The van der Waals surface area contributed by atoms with Crippen LogP contribution in [0.25, 0.3) is 11.3 Å². The molecule has 1 aliphatic heterocycles. The summed E-state index contributed by atoms with van der Waals surface area (Å²) in [7, 11) is 3.22. The quantitative estimate of drug-likeness (QED) is 0.404. The molecule has 2 amide bonds. The lowest BCUT2D eigenvalue weighted by molar-refractivity contribution is -0.132. The largest absolute Gasteiger partial charge is 0.497 e. The van der Waals surface area contributed by atoms with Crippen molar-refractivity contribution in [2.45, 2.75) is 6.92 Å². The van der Waals surface area contributed by atoms with Gasteiger partial charge in [-0.15, -0.1) is 16.8 Å². The number of methoxy groups -OCH3 is 2. The number of hydrogen-bond acceptors (Lipinski definition) is 7. The summed E-state index contributed by atoms with van der Waals surface area (Å²) < 4.78 is 10.8. The standard InChI is InChI=1S/C29H33N5O4/c1-5-14-34(29(36)22-8-6-21(2)7-9-22)20-28(35)33-17-15-32(16-18-33)27-13-12-25(30-31-27)24-11-10-23(37-3)19-26(24)38-4/h5-13,19H,1,14-18,20H2,2-4H3. The van der Waals surface area contributed by atoms with Gasteiger partial charge in [-0.2, -0.15) is 0 Å². The van der Waals surface area contributed by atoms with Gasteiger partial charge in [0.05, 0.1) is 19.9 Å². The Morgan fingerprint density at radius 2 is 1.71 bits per heavy atom. The number of benzene rings is 2. The number of aromatic nitrogens is 2. The number of hydrogen-bond donors (Lipinski definition) is 0. The molecule has 0 saturated carbocycles. The smallest absolute Gasteiger partial charge is 0.254 e. The van der Waals surface area contributed by atoms with Crippen molar-refractivity contribution in [3.63, 3.8) is 0 Å². The highest BCUT2D eigenvalue weighted by Gasteiger charge is 2.25. The number of nitrogens with zero attached hydrogens (tertiary/aromatic N) is 5. The Bertz CT molecular complexity index is 1270. The van der Waals surface area contributed by atoms with Gasteiger partial charge in [0, 0.05) is 49.9 Å². The number of anilines is 1. The van der Waals surface area contributed by atoms with Crippen LogP contribution in [0.3, 0.4) is 0 Å². The van der Waals surface area contributed by atoms with Crippen molar-refractivity contribution in [1.82, 2.24) is 20.0 Å². The van der Waals surface area contributed by atoms with E-state index in [1.54, 1.807) is 37.3 Å². The first kappa shape index (κ1) is 26.7. The van der Waals surface area contributed by atoms with Gasteiger partial charge in [0.2, 0.25) is 5.91 Å². The van der Waals surface area contributed by atoms with Crippen LogP contribution in [-0.4, -0.2) is 85.3 Å². The fraction of sp³-hybridized carbons (Fsp3) is 0.310. The lowest BCUT2D eigenvalue weighted by Crippen LogP contribution is -2.52. The maximum Gasteiger partial charge on any atom is 0.254 e. The molecule has 0 unspecified atom stereocenters. The second-order valence-corrected chi connectivity index (χ2v) is 9.05. The molecule has 1 aliphatic rings. The van der Waals surface area contributed by atoms with Crippen LogP contribution in [-0.2, 0) is 4.79 Å². The molecule has 0 N–H and O–H groups in total. The molecule has 2 aromatic carbocycles. The number of piperazine rings is 1. The predicted octanol–water partition coefficient (Wildman–Crippen LogP) is 3.45. The van der Waals surface area contributed by atoms with E-state index in [0.29, 0.717) is 55.5 Å². The van der Waals surface area contributed by atoms with Gasteiger partial charge in [0.25, 0.3) is 5.91 Å². The Hall–Kier alpha value is -4.40. The van der Waals surface area contributed by atoms with Crippen LogP contribution in [0.4, 0.5) is 5.82 Å². The fourth-order valence-electron chi connectivity index (χ4n) is 4.35. The molecular weight excluding hydrogens is 482 g/mol. The molecule has 0 radical (unpaired) electrons. The summed E-state index contributed by atoms with van der Waals surface area (Å²) in [4.78, 5) is 31.5. The molecule has 9 nitrogen and oxygen atoms in total. The van der Waals surface area contributed by atoms with Crippen LogP contribution >= 0.6 is 0 Å². The van der Waals surface area contributed by atoms with E-state index in [1.807, 2.05) is 49.4 Å². The van der Waals surface area contributed by atoms with Crippen molar-refractivity contribution in [3.05, 3.63) is 78.4 Å². The maximum atomic E-state index is 13.1. The molecule has 38 heavy (non-hydrogen) atoms.